The largest absolute Gasteiger partial charge is 0.495 e. The van der Waals surface area contributed by atoms with Crippen LogP contribution in [0.1, 0.15) is 38.3 Å². The zero-order valence-electron chi connectivity index (χ0n) is 23.7. The van der Waals surface area contributed by atoms with E-state index in [9.17, 15) is 18.0 Å². The van der Waals surface area contributed by atoms with E-state index in [1.807, 2.05) is 20.8 Å². The van der Waals surface area contributed by atoms with Crippen LogP contribution in [0, 0.1) is 6.92 Å². The molecule has 3 aromatic rings. The van der Waals surface area contributed by atoms with Crippen LogP contribution in [-0.2, 0) is 26.2 Å². The predicted octanol–water partition coefficient (Wildman–Crippen LogP) is 5.84. The second-order valence-electron chi connectivity index (χ2n) is 9.79. The van der Waals surface area contributed by atoms with Gasteiger partial charge in [-0.05, 0) is 75.2 Å². The van der Waals surface area contributed by atoms with Crippen LogP contribution in [0.15, 0.2) is 71.6 Å². The van der Waals surface area contributed by atoms with E-state index in [1.54, 1.807) is 43.3 Å². The maximum absolute atomic E-state index is 14.0. The Morgan fingerprint density at radius 1 is 0.976 bits per heavy atom. The van der Waals surface area contributed by atoms with E-state index < -0.39 is 28.5 Å². The third kappa shape index (κ3) is 8.15. The zero-order valence-corrected chi connectivity index (χ0v) is 26.1. The molecular formula is C30H35Cl2N3O5S. The van der Waals surface area contributed by atoms with Gasteiger partial charge in [-0.1, -0.05) is 60.0 Å². The first-order valence-corrected chi connectivity index (χ1v) is 15.3. The standard InChI is InChI=1S/C30H35Cl2N3O5S/c1-6-21(3)33-30(37)22(4)34(18-23-9-11-24(31)12-10-23)29(36)19-35(25-13-16-28(40-5)27(32)17-25)41(38,39)26-14-7-20(2)8-15-26/h7-17,21-22H,6,18-19H2,1-5H3,(H,33,37)/t21-,22-/m0/s1. The molecule has 0 aliphatic carbocycles. The van der Waals surface area contributed by atoms with E-state index in [2.05, 4.69) is 5.32 Å². The van der Waals surface area contributed by atoms with Gasteiger partial charge in [0.05, 0.1) is 22.7 Å². The van der Waals surface area contributed by atoms with E-state index in [0.717, 1.165) is 15.4 Å². The fourth-order valence-corrected chi connectivity index (χ4v) is 5.80. The zero-order chi connectivity index (χ0) is 30.3. The van der Waals surface area contributed by atoms with Crippen molar-refractivity contribution >= 4 is 50.7 Å². The smallest absolute Gasteiger partial charge is 0.264 e. The van der Waals surface area contributed by atoms with Crippen molar-refractivity contribution < 1.29 is 22.7 Å². The number of methoxy groups -OCH3 is 1. The summed E-state index contributed by atoms with van der Waals surface area (Å²) in [5.41, 5.74) is 1.79. The highest BCUT2D eigenvalue weighted by Gasteiger charge is 2.33. The number of halogens is 2. The maximum atomic E-state index is 14.0. The molecule has 0 radical (unpaired) electrons. The van der Waals surface area contributed by atoms with E-state index in [1.165, 1.54) is 42.3 Å². The highest BCUT2D eigenvalue weighted by atomic mass is 35.5. The first-order valence-electron chi connectivity index (χ1n) is 13.1. The summed E-state index contributed by atoms with van der Waals surface area (Å²) in [5.74, 6) is -0.564. The van der Waals surface area contributed by atoms with Gasteiger partial charge in [0.15, 0.2) is 0 Å². The third-order valence-corrected chi connectivity index (χ3v) is 9.08. The average Bonchev–Trinajstić information content (AvgIpc) is 2.95. The van der Waals surface area contributed by atoms with Gasteiger partial charge in [-0.2, -0.15) is 0 Å². The molecule has 220 valence electrons. The lowest BCUT2D eigenvalue weighted by molar-refractivity contribution is -0.139. The van der Waals surface area contributed by atoms with E-state index in [-0.39, 0.29) is 34.1 Å². The molecule has 0 aliphatic heterocycles. The lowest BCUT2D eigenvalue weighted by Crippen LogP contribution is -2.52. The highest BCUT2D eigenvalue weighted by Crippen LogP contribution is 2.32. The molecule has 0 saturated carbocycles. The number of benzene rings is 3. The number of rotatable bonds is 12. The van der Waals surface area contributed by atoms with Crippen molar-refractivity contribution in [1.82, 2.24) is 10.2 Å². The molecule has 0 saturated heterocycles. The first kappa shape index (κ1) is 32.2. The Labute approximate surface area is 252 Å². The summed E-state index contributed by atoms with van der Waals surface area (Å²) in [5, 5.41) is 3.62. The van der Waals surface area contributed by atoms with Crippen LogP contribution in [0.5, 0.6) is 5.75 Å². The molecular weight excluding hydrogens is 585 g/mol. The van der Waals surface area contributed by atoms with Gasteiger partial charge in [-0.15, -0.1) is 0 Å². The van der Waals surface area contributed by atoms with Gasteiger partial charge in [0.2, 0.25) is 11.8 Å². The Hall–Kier alpha value is -3.27. The summed E-state index contributed by atoms with van der Waals surface area (Å²) in [6.07, 6.45) is 0.713. The van der Waals surface area contributed by atoms with Crippen LogP contribution in [0.3, 0.4) is 0 Å². The van der Waals surface area contributed by atoms with E-state index >= 15 is 0 Å². The van der Waals surface area contributed by atoms with Crippen molar-refractivity contribution in [2.24, 2.45) is 0 Å². The summed E-state index contributed by atoms with van der Waals surface area (Å²) in [7, 11) is -2.76. The SMILES string of the molecule is CC[C@H](C)NC(=O)[C@H](C)N(Cc1ccc(Cl)cc1)C(=O)CN(c1ccc(OC)c(Cl)c1)S(=O)(=O)c1ccc(C)cc1. The second-order valence-corrected chi connectivity index (χ2v) is 12.5. The van der Waals surface area contributed by atoms with Gasteiger partial charge < -0.3 is 15.0 Å². The summed E-state index contributed by atoms with van der Waals surface area (Å²) < 4.78 is 34.1. The monoisotopic (exact) mass is 619 g/mol. The van der Waals surface area contributed by atoms with Crippen LogP contribution < -0.4 is 14.4 Å². The molecule has 0 spiro atoms. The van der Waals surface area contributed by atoms with Crippen LogP contribution in [0.4, 0.5) is 5.69 Å². The molecule has 11 heteroatoms. The molecule has 2 atom stereocenters. The normalized spacial score (nSPS) is 12.8. The van der Waals surface area contributed by atoms with Crippen LogP contribution in [-0.4, -0.2) is 50.9 Å². The number of nitrogens with zero attached hydrogens (tertiary/aromatic N) is 2. The third-order valence-electron chi connectivity index (χ3n) is 6.75. The van der Waals surface area contributed by atoms with Crippen molar-refractivity contribution in [2.75, 3.05) is 18.0 Å². The topological polar surface area (TPSA) is 96.0 Å². The Morgan fingerprint density at radius 3 is 2.17 bits per heavy atom. The number of anilines is 1. The minimum Gasteiger partial charge on any atom is -0.495 e. The fraction of sp³-hybridized carbons (Fsp3) is 0.333. The van der Waals surface area contributed by atoms with Crippen LogP contribution >= 0.6 is 23.2 Å². The summed E-state index contributed by atoms with van der Waals surface area (Å²) in [6.45, 7) is 6.77. The quantitative estimate of drug-likeness (QED) is 0.275. The molecule has 2 amide bonds. The molecule has 8 nitrogen and oxygen atoms in total. The summed E-state index contributed by atoms with van der Waals surface area (Å²) in [6, 6.07) is 16.7. The molecule has 1 N–H and O–H groups in total. The number of nitrogens with one attached hydrogen (secondary N) is 1. The number of carbonyl (C=O) groups is 2. The summed E-state index contributed by atoms with van der Waals surface area (Å²) in [4.78, 5) is 28.5. The molecule has 0 unspecified atom stereocenters. The first-order chi connectivity index (χ1) is 19.4. The molecule has 41 heavy (non-hydrogen) atoms. The van der Waals surface area contributed by atoms with Crippen molar-refractivity contribution in [1.29, 1.82) is 0 Å². The van der Waals surface area contributed by atoms with E-state index in [4.69, 9.17) is 27.9 Å². The molecule has 3 rings (SSSR count). The van der Waals surface area contributed by atoms with E-state index in [0.29, 0.717) is 17.2 Å². The maximum Gasteiger partial charge on any atom is 0.264 e. The molecule has 0 heterocycles. The fourth-order valence-electron chi connectivity index (χ4n) is 4.01. The van der Waals surface area contributed by atoms with Gasteiger partial charge in [0.25, 0.3) is 10.0 Å². The average molecular weight is 621 g/mol. The van der Waals surface area contributed by atoms with Crippen molar-refractivity contribution in [3.05, 3.63) is 87.9 Å². The number of ether oxygens (including phenoxy) is 1. The highest BCUT2D eigenvalue weighted by molar-refractivity contribution is 7.92. The van der Waals surface area contributed by atoms with Crippen molar-refractivity contribution in [3.63, 3.8) is 0 Å². The van der Waals surface area contributed by atoms with Gasteiger partial charge in [-0.3, -0.25) is 13.9 Å². The molecule has 0 aromatic heterocycles. The number of carbonyl (C=O) groups excluding carboxylic acids is 2. The Morgan fingerprint density at radius 2 is 1.61 bits per heavy atom. The Bertz CT molecular complexity index is 1460. The number of sulfonamides is 1. The molecule has 0 aliphatic rings. The van der Waals surface area contributed by atoms with Gasteiger partial charge in [-0.25, -0.2) is 8.42 Å². The lowest BCUT2D eigenvalue weighted by Gasteiger charge is -2.32. The molecule has 3 aromatic carbocycles. The number of hydrogen-bond donors (Lipinski definition) is 1. The van der Waals surface area contributed by atoms with Gasteiger partial charge in [0, 0.05) is 17.6 Å². The van der Waals surface area contributed by atoms with Crippen molar-refractivity contribution in [2.45, 2.75) is 57.6 Å². The summed E-state index contributed by atoms with van der Waals surface area (Å²) >= 11 is 12.4. The molecule has 0 bridgehead atoms. The Kier molecular flexibility index (Phi) is 11.1. The number of hydrogen-bond acceptors (Lipinski definition) is 5. The number of aryl methyl sites for hydroxylation is 1. The lowest BCUT2D eigenvalue weighted by atomic mass is 10.1. The van der Waals surface area contributed by atoms with Crippen LogP contribution in [0.25, 0.3) is 0 Å². The van der Waals surface area contributed by atoms with Gasteiger partial charge >= 0.3 is 0 Å². The van der Waals surface area contributed by atoms with Crippen molar-refractivity contribution in [3.8, 4) is 5.75 Å². The van der Waals surface area contributed by atoms with Crippen LogP contribution in [0.2, 0.25) is 10.0 Å². The van der Waals surface area contributed by atoms with Gasteiger partial charge in [0.1, 0.15) is 18.3 Å². The second kappa shape index (κ2) is 14.1. The molecule has 0 fully saturated rings. The minimum absolute atomic E-state index is 0.00894. The Balaban J connectivity index is 2.06. The number of amides is 2. The minimum atomic E-state index is -4.21. The predicted molar refractivity (Wildman–Crippen MR) is 163 cm³/mol.